The first-order chi connectivity index (χ1) is 4.54. The molecule has 0 aromatic heterocycles. The van der Waals surface area contributed by atoms with E-state index < -0.39 is 18.0 Å². The Morgan fingerprint density at radius 1 is 1.33 bits per heavy atom. The maximum atomic E-state index is 9.86. The molecule has 0 rings (SSSR count). The van der Waals surface area contributed by atoms with E-state index in [4.69, 9.17) is 5.73 Å². The van der Waals surface area contributed by atoms with Gasteiger partial charge in [0.1, 0.15) is 0 Å². The van der Waals surface area contributed by atoms with Crippen molar-refractivity contribution < 1.29 is 25.3 Å². The summed E-state index contributed by atoms with van der Waals surface area (Å²) in [5.41, 5.74) is 4.91. The Bertz CT molecular complexity index is 151. The second-order valence-corrected chi connectivity index (χ2v) is 1.84. The van der Waals surface area contributed by atoms with E-state index in [2.05, 4.69) is 0 Å². The summed E-state index contributed by atoms with van der Waals surface area (Å²) in [6.07, 6.45) is -0.500. The average Bonchev–Trinajstić information content (AvgIpc) is 1.82. The molecule has 1 atom stereocenters. The molecule has 0 aliphatic rings. The van der Waals surface area contributed by atoms with Gasteiger partial charge in [0.05, 0.1) is 5.97 Å². The minimum absolute atomic E-state index is 0. The van der Waals surface area contributed by atoms with E-state index in [1.54, 1.807) is 0 Å². The SMILES string of the molecule is NC(CCC(=O)[O-])C(=O)[O-].O.[Ca+2]. The molecule has 0 saturated carbocycles. The summed E-state index contributed by atoms with van der Waals surface area (Å²) in [5, 5.41) is 19.6. The van der Waals surface area contributed by atoms with E-state index in [1.165, 1.54) is 0 Å². The zero-order chi connectivity index (χ0) is 8.15. The van der Waals surface area contributed by atoms with Crippen LogP contribution in [0.1, 0.15) is 12.8 Å². The Hall–Kier alpha value is 0.120. The van der Waals surface area contributed by atoms with Crippen LogP contribution in [0.25, 0.3) is 0 Å². The van der Waals surface area contributed by atoms with E-state index >= 15 is 0 Å². The minimum Gasteiger partial charge on any atom is -0.550 e. The largest absolute Gasteiger partial charge is 2.00 e. The van der Waals surface area contributed by atoms with Gasteiger partial charge >= 0.3 is 37.7 Å². The van der Waals surface area contributed by atoms with E-state index in [9.17, 15) is 19.8 Å². The van der Waals surface area contributed by atoms with Crippen LogP contribution < -0.4 is 15.9 Å². The molecule has 66 valence electrons. The van der Waals surface area contributed by atoms with Gasteiger partial charge in [-0.2, -0.15) is 0 Å². The zero-order valence-corrected chi connectivity index (χ0v) is 8.62. The molecule has 0 aliphatic heterocycles. The summed E-state index contributed by atoms with van der Waals surface area (Å²) in [7, 11) is 0. The Morgan fingerprint density at radius 3 is 2.00 bits per heavy atom. The molecule has 7 heteroatoms. The molecule has 0 spiro atoms. The second-order valence-electron chi connectivity index (χ2n) is 1.84. The maximum absolute atomic E-state index is 9.86. The van der Waals surface area contributed by atoms with Crippen molar-refractivity contribution in [2.24, 2.45) is 5.73 Å². The van der Waals surface area contributed by atoms with Crippen molar-refractivity contribution in [1.29, 1.82) is 0 Å². The molecule has 0 aliphatic carbocycles. The molecule has 0 aromatic carbocycles. The van der Waals surface area contributed by atoms with Crippen molar-refractivity contribution in [3.8, 4) is 0 Å². The third-order valence-electron chi connectivity index (χ3n) is 0.962. The molecule has 12 heavy (non-hydrogen) atoms. The third kappa shape index (κ3) is 10.1. The van der Waals surface area contributed by atoms with Crippen LogP contribution in [0.3, 0.4) is 0 Å². The van der Waals surface area contributed by atoms with Crippen molar-refractivity contribution in [3.63, 3.8) is 0 Å². The van der Waals surface area contributed by atoms with E-state index in [-0.39, 0.29) is 56.1 Å². The predicted octanol–water partition coefficient (Wildman–Crippen LogP) is -4.61. The molecule has 0 aromatic rings. The molecule has 6 nitrogen and oxygen atoms in total. The Morgan fingerprint density at radius 2 is 1.75 bits per heavy atom. The van der Waals surface area contributed by atoms with Gasteiger partial charge < -0.3 is 31.0 Å². The minimum atomic E-state index is -1.44. The molecule has 0 fully saturated rings. The van der Waals surface area contributed by atoms with Crippen LogP contribution in [0, 0.1) is 0 Å². The van der Waals surface area contributed by atoms with Gasteiger partial charge in [0.25, 0.3) is 0 Å². The van der Waals surface area contributed by atoms with E-state index in [1.807, 2.05) is 0 Å². The Labute approximate surface area is 99.0 Å². The monoisotopic (exact) mass is 203 g/mol. The van der Waals surface area contributed by atoms with Crippen LogP contribution >= 0.6 is 0 Å². The van der Waals surface area contributed by atoms with Gasteiger partial charge in [-0.05, 0) is 12.8 Å². The van der Waals surface area contributed by atoms with Crippen molar-refractivity contribution in [2.75, 3.05) is 0 Å². The summed E-state index contributed by atoms with van der Waals surface area (Å²) in [4.78, 5) is 19.6. The van der Waals surface area contributed by atoms with Gasteiger partial charge in [0.2, 0.25) is 0 Å². The summed E-state index contributed by atoms with van der Waals surface area (Å²) in [5.74, 6) is -2.75. The molecule has 0 saturated heterocycles. The Kier molecular flexibility index (Phi) is 13.8. The Balaban J connectivity index is -0.000000405. The second kappa shape index (κ2) is 9.21. The van der Waals surface area contributed by atoms with E-state index in [0.717, 1.165) is 0 Å². The fourth-order valence-electron chi connectivity index (χ4n) is 0.391. The summed E-state index contributed by atoms with van der Waals surface area (Å²) in [6.45, 7) is 0. The van der Waals surface area contributed by atoms with E-state index in [0.29, 0.717) is 0 Å². The van der Waals surface area contributed by atoms with Crippen LogP contribution in [-0.4, -0.2) is 61.2 Å². The van der Waals surface area contributed by atoms with Crippen LogP contribution in [0.5, 0.6) is 0 Å². The molecular weight excluding hydrogens is 194 g/mol. The molecule has 0 radical (unpaired) electrons. The average molecular weight is 203 g/mol. The molecule has 4 N–H and O–H groups in total. The number of carboxylic acids is 2. The van der Waals surface area contributed by atoms with Gasteiger partial charge in [0, 0.05) is 12.0 Å². The molecular formula is C5H9CaNO5. The fourth-order valence-corrected chi connectivity index (χ4v) is 0.391. The number of hydrogen-bond donors (Lipinski definition) is 1. The first-order valence-corrected chi connectivity index (χ1v) is 2.70. The smallest absolute Gasteiger partial charge is 0.550 e. The maximum Gasteiger partial charge on any atom is 2.00 e. The topological polar surface area (TPSA) is 138 Å². The van der Waals surface area contributed by atoms with Gasteiger partial charge in [-0.3, -0.25) is 0 Å². The van der Waals surface area contributed by atoms with Crippen LogP contribution in [0.4, 0.5) is 0 Å². The number of carbonyl (C=O) groups is 2. The molecule has 0 heterocycles. The predicted molar refractivity (Wildman–Crippen MR) is 36.6 cm³/mol. The van der Waals surface area contributed by atoms with Gasteiger partial charge in [-0.25, -0.2) is 0 Å². The fraction of sp³-hybridized carbons (Fsp3) is 0.600. The van der Waals surface area contributed by atoms with Crippen molar-refractivity contribution in [1.82, 2.24) is 0 Å². The third-order valence-corrected chi connectivity index (χ3v) is 0.962. The summed E-state index contributed by atoms with van der Waals surface area (Å²) < 4.78 is 0. The molecule has 0 amide bonds. The van der Waals surface area contributed by atoms with Gasteiger partial charge in [-0.1, -0.05) is 0 Å². The number of rotatable bonds is 4. The number of nitrogens with two attached hydrogens (primary N) is 1. The number of hydrogen-bond acceptors (Lipinski definition) is 5. The first-order valence-electron chi connectivity index (χ1n) is 2.70. The zero-order valence-electron chi connectivity index (χ0n) is 6.41. The van der Waals surface area contributed by atoms with Crippen molar-refractivity contribution >= 4 is 49.7 Å². The van der Waals surface area contributed by atoms with Gasteiger partial charge in [0.15, 0.2) is 0 Å². The quantitative estimate of drug-likeness (QED) is 0.458. The van der Waals surface area contributed by atoms with Crippen LogP contribution in [0.15, 0.2) is 0 Å². The number of carboxylic acid groups (broad SMARTS) is 2. The number of aliphatic carboxylic acids is 2. The summed E-state index contributed by atoms with van der Waals surface area (Å²) >= 11 is 0. The van der Waals surface area contributed by atoms with Crippen LogP contribution in [-0.2, 0) is 9.59 Å². The summed E-state index contributed by atoms with van der Waals surface area (Å²) in [6, 6.07) is -1.21. The molecule has 1 unspecified atom stereocenters. The van der Waals surface area contributed by atoms with Crippen molar-refractivity contribution in [3.05, 3.63) is 0 Å². The standard InChI is InChI=1S/C5H9NO4.Ca.H2O/c6-3(5(9)10)1-2-4(7)8;;/h3H,1-2,6H2,(H,7,8)(H,9,10);;1H2/q;+2;/p-2. The van der Waals surface area contributed by atoms with Crippen molar-refractivity contribution in [2.45, 2.75) is 18.9 Å². The normalized spacial score (nSPS) is 10.4. The first kappa shape index (κ1) is 18.0. The molecule has 0 bridgehead atoms. The van der Waals surface area contributed by atoms with Crippen LogP contribution in [0.2, 0.25) is 0 Å². The van der Waals surface area contributed by atoms with Gasteiger partial charge in [-0.15, -0.1) is 0 Å². The number of carbonyl (C=O) groups excluding carboxylic acids is 2.